The van der Waals surface area contributed by atoms with Gasteiger partial charge in [-0.3, -0.25) is 0 Å². The Morgan fingerprint density at radius 2 is 1.76 bits per heavy atom. The lowest BCUT2D eigenvalue weighted by Gasteiger charge is -2.37. The molecule has 1 fully saturated rings. The quantitative estimate of drug-likeness (QED) is 0.707. The van der Waals surface area contributed by atoms with E-state index in [0.29, 0.717) is 5.41 Å². The Morgan fingerprint density at radius 3 is 2.41 bits per heavy atom. The van der Waals surface area contributed by atoms with Gasteiger partial charge in [0, 0.05) is 5.41 Å². The summed E-state index contributed by atoms with van der Waals surface area (Å²) >= 11 is 0. The fourth-order valence-electron chi connectivity index (χ4n) is 3.05. The molecule has 0 aliphatic heterocycles. The average molecular weight is 232 g/mol. The lowest BCUT2D eigenvalue weighted by Crippen LogP contribution is -2.31. The Bertz CT molecular complexity index is 306. The minimum Gasteiger partial charge on any atom is -0.493 e. The summed E-state index contributed by atoms with van der Waals surface area (Å²) in [7, 11) is 0. The molecule has 17 heavy (non-hydrogen) atoms. The summed E-state index contributed by atoms with van der Waals surface area (Å²) in [5.74, 6) is 1.02. The maximum Gasteiger partial charge on any atom is 0.119 e. The fraction of sp³-hybridized carbons (Fsp3) is 0.625. The Labute approximate surface area is 105 Å². The molecule has 0 amide bonds. The molecule has 1 aromatic rings. The van der Waals surface area contributed by atoms with Crippen molar-refractivity contribution in [1.82, 2.24) is 0 Å². The van der Waals surface area contributed by atoms with Gasteiger partial charge in [0.2, 0.25) is 0 Å². The van der Waals surface area contributed by atoms with Gasteiger partial charge in [-0.25, -0.2) is 0 Å². The van der Waals surface area contributed by atoms with Gasteiger partial charge >= 0.3 is 0 Å². The number of benzene rings is 1. The molecule has 0 bridgehead atoms. The van der Waals surface area contributed by atoms with Crippen molar-refractivity contribution >= 4 is 0 Å². The van der Waals surface area contributed by atoms with Gasteiger partial charge in [-0.1, -0.05) is 50.8 Å². The topological polar surface area (TPSA) is 9.23 Å². The summed E-state index contributed by atoms with van der Waals surface area (Å²) in [6.45, 7) is 3.20. The number of hydrogen-bond acceptors (Lipinski definition) is 1. The molecule has 0 spiro atoms. The van der Waals surface area contributed by atoms with Crippen LogP contribution in [0.25, 0.3) is 0 Å². The number of rotatable bonds is 5. The van der Waals surface area contributed by atoms with Crippen molar-refractivity contribution < 1.29 is 4.74 Å². The molecule has 0 radical (unpaired) electrons. The van der Waals surface area contributed by atoms with Crippen molar-refractivity contribution in [3.63, 3.8) is 0 Å². The predicted molar refractivity (Wildman–Crippen MR) is 72.4 cm³/mol. The van der Waals surface area contributed by atoms with E-state index in [-0.39, 0.29) is 0 Å². The molecule has 1 heteroatoms. The molecule has 1 aliphatic rings. The monoisotopic (exact) mass is 232 g/mol. The number of para-hydroxylation sites is 1. The highest BCUT2D eigenvalue weighted by atomic mass is 16.5. The first-order valence-corrected chi connectivity index (χ1v) is 7.02. The van der Waals surface area contributed by atoms with Gasteiger partial charge in [-0.2, -0.15) is 0 Å². The van der Waals surface area contributed by atoms with Crippen LogP contribution < -0.4 is 4.74 Å². The highest BCUT2D eigenvalue weighted by molar-refractivity contribution is 5.21. The van der Waals surface area contributed by atoms with Gasteiger partial charge in [0.1, 0.15) is 5.75 Å². The summed E-state index contributed by atoms with van der Waals surface area (Å²) < 4.78 is 6.00. The zero-order valence-corrected chi connectivity index (χ0v) is 11.0. The van der Waals surface area contributed by atoms with Crippen molar-refractivity contribution in [3.8, 4) is 5.75 Å². The molecule has 1 saturated carbocycles. The molecular formula is C16H24O. The Hall–Kier alpha value is -0.980. The molecule has 0 atom stereocenters. The van der Waals surface area contributed by atoms with Crippen molar-refractivity contribution in [2.45, 2.75) is 51.9 Å². The van der Waals surface area contributed by atoms with Crippen LogP contribution in [0.3, 0.4) is 0 Å². The minimum atomic E-state index is 0.461. The third kappa shape index (κ3) is 3.49. The van der Waals surface area contributed by atoms with Crippen LogP contribution in [0.4, 0.5) is 0 Å². The van der Waals surface area contributed by atoms with Crippen LogP contribution in [-0.4, -0.2) is 6.61 Å². The van der Waals surface area contributed by atoms with Crippen LogP contribution in [-0.2, 0) is 0 Å². The van der Waals surface area contributed by atoms with Gasteiger partial charge in [-0.05, 0) is 31.4 Å². The van der Waals surface area contributed by atoms with Gasteiger partial charge in [0.05, 0.1) is 6.61 Å². The van der Waals surface area contributed by atoms with Crippen molar-refractivity contribution in [2.24, 2.45) is 5.41 Å². The van der Waals surface area contributed by atoms with Crippen LogP contribution in [0.2, 0.25) is 0 Å². The van der Waals surface area contributed by atoms with E-state index >= 15 is 0 Å². The maximum absolute atomic E-state index is 6.00. The standard InChI is InChI=1S/C16H24O/c1-2-11-16(12-7-4-8-13-16)14-17-15-9-5-3-6-10-15/h3,5-6,9-10H,2,4,7-8,11-14H2,1H3. The van der Waals surface area contributed by atoms with Crippen LogP contribution in [0, 0.1) is 5.41 Å². The highest BCUT2D eigenvalue weighted by Gasteiger charge is 2.31. The Balaban J connectivity index is 1.93. The molecule has 0 heterocycles. The molecule has 0 unspecified atom stereocenters. The number of hydrogen-bond donors (Lipinski definition) is 0. The maximum atomic E-state index is 6.00. The van der Waals surface area contributed by atoms with E-state index in [0.717, 1.165) is 12.4 Å². The third-order valence-electron chi connectivity index (χ3n) is 3.98. The first-order chi connectivity index (χ1) is 8.35. The molecule has 94 valence electrons. The number of ether oxygens (including phenoxy) is 1. The van der Waals surface area contributed by atoms with E-state index in [2.05, 4.69) is 19.1 Å². The van der Waals surface area contributed by atoms with E-state index < -0.39 is 0 Å². The van der Waals surface area contributed by atoms with Crippen molar-refractivity contribution in [1.29, 1.82) is 0 Å². The second kappa shape index (κ2) is 6.09. The van der Waals surface area contributed by atoms with Crippen molar-refractivity contribution in [3.05, 3.63) is 30.3 Å². The van der Waals surface area contributed by atoms with E-state index in [9.17, 15) is 0 Å². The Kier molecular flexibility index (Phi) is 4.47. The largest absolute Gasteiger partial charge is 0.493 e. The zero-order valence-electron chi connectivity index (χ0n) is 11.0. The lowest BCUT2D eigenvalue weighted by molar-refractivity contribution is 0.0865. The molecule has 1 aliphatic carbocycles. The smallest absolute Gasteiger partial charge is 0.119 e. The SMILES string of the molecule is CCCC1(COc2ccccc2)CCCCC1. The van der Waals surface area contributed by atoms with Crippen LogP contribution >= 0.6 is 0 Å². The van der Waals surface area contributed by atoms with E-state index in [1.807, 2.05) is 18.2 Å². The second-order valence-electron chi connectivity index (χ2n) is 5.41. The van der Waals surface area contributed by atoms with Crippen LogP contribution in [0.5, 0.6) is 5.75 Å². The Morgan fingerprint density at radius 1 is 1.06 bits per heavy atom. The molecular weight excluding hydrogens is 208 g/mol. The molecule has 0 N–H and O–H groups in total. The van der Waals surface area contributed by atoms with E-state index in [1.165, 1.54) is 44.9 Å². The highest BCUT2D eigenvalue weighted by Crippen LogP contribution is 2.40. The van der Waals surface area contributed by atoms with Crippen LogP contribution in [0.1, 0.15) is 51.9 Å². The van der Waals surface area contributed by atoms with Crippen molar-refractivity contribution in [2.75, 3.05) is 6.61 Å². The van der Waals surface area contributed by atoms with Crippen LogP contribution in [0.15, 0.2) is 30.3 Å². The first kappa shape index (κ1) is 12.5. The predicted octanol–water partition coefficient (Wildman–Crippen LogP) is 4.82. The minimum absolute atomic E-state index is 0.461. The summed E-state index contributed by atoms with van der Waals surface area (Å²) in [5, 5.41) is 0. The van der Waals surface area contributed by atoms with Gasteiger partial charge in [0.25, 0.3) is 0 Å². The average Bonchev–Trinajstić information content (AvgIpc) is 2.39. The molecule has 1 aromatic carbocycles. The summed E-state index contributed by atoms with van der Waals surface area (Å²) in [6, 6.07) is 10.2. The second-order valence-corrected chi connectivity index (χ2v) is 5.41. The normalized spacial score (nSPS) is 18.9. The molecule has 0 saturated heterocycles. The van der Waals surface area contributed by atoms with E-state index in [1.54, 1.807) is 0 Å². The van der Waals surface area contributed by atoms with Gasteiger partial charge in [0.15, 0.2) is 0 Å². The van der Waals surface area contributed by atoms with Gasteiger partial charge in [-0.15, -0.1) is 0 Å². The fourth-order valence-corrected chi connectivity index (χ4v) is 3.05. The zero-order chi connectivity index (χ0) is 12.0. The molecule has 1 nitrogen and oxygen atoms in total. The first-order valence-electron chi connectivity index (χ1n) is 7.02. The van der Waals surface area contributed by atoms with Gasteiger partial charge < -0.3 is 4.74 Å². The lowest BCUT2D eigenvalue weighted by atomic mass is 9.72. The molecule has 2 rings (SSSR count). The van der Waals surface area contributed by atoms with E-state index in [4.69, 9.17) is 4.74 Å². The molecule has 0 aromatic heterocycles. The summed E-state index contributed by atoms with van der Waals surface area (Å²) in [4.78, 5) is 0. The third-order valence-corrected chi connectivity index (χ3v) is 3.98. The summed E-state index contributed by atoms with van der Waals surface area (Å²) in [5.41, 5.74) is 0.461. The summed E-state index contributed by atoms with van der Waals surface area (Å²) in [6.07, 6.45) is 9.49.